The molecule has 3 aromatic heterocycles. The molecular formula is C32H36F2N6O3. The summed E-state index contributed by atoms with van der Waals surface area (Å²) in [5.74, 6) is -0.846. The maximum absolute atomic E-state index is 14.1. The van der Waals surface area contributed by atoms with Crippen molar-refractivity contribution in [2.75, 3.05) is 29.9 Å². The Hall–Kier alpha value is -4.56. The van der Waals surface area contributed by atoms with Crippen molar-refractivity contribution < 1.29 is 23.4 Å². The topological polar surface area (TPSA) is 116 Å². The Bertz CT molecular complexity index is 1610. The Morgan fingerprint density at radius 3 is 2.42 bits per heavy atom. The second-order valence-corrected chi connectivity index (χ2v) is 11.2. The number of carbonyl (C=O) groups excluding carboxylic acids is 1. The first-order valence-electron chi connectivity index (χ1n) is 14.2. The number of nitrogens with one attached hydrogen (secondary N) is 1. The quantitative estimate of drug-likeness (QED) is 0.273. The Labute approximate surface area is 249 Å². The average Bonchev–Trinajstić information content (AvgIpc) is 3.42. The van der Waals surface area contributed by atoms with Gasteiger partial charge in [-0.1, -0.05) is 26.8 Å². The summed E-state index contributed by atoms with van der Waals surface area (Å²) in [5.41, 5.74) is 0.216. The summed E-state index contributed by atoms with van der Waals surface area (Å²) >= 11 is 0. The predicted octanol–water partition coefficient (Wildman–Crippen LogP) is 5.97. The highest BCUT2D eigenvalue weighted by Crippen LogP contribution is 2.36. The SMILES string of the molecule is CC.CC(C)(O)COc1cc(-c2ccc(N3CCC(C)(C(=O)Nc4c(F)cccc4F)CC3)nc2)c2c(C#N)cnn2c1. The van der Waals surface area contributed by atoms with Crippen LogP contribution in [0.25, 0.3) is 16.6 Å². The molecule has 0 saturated carbocycles. The van der Waals surface area contributed by atoms with Crippen LogP contribution in [0.2, 0.25) is 0 Å². The Balaban J connectivity index is 0.00000207. The zero-order valence-electron chi connectivity index (χ0n) is 25.0. The van der Waals surface area contributed by atoms with Gasteiger partial charge >= 0.3 is 0 Å². The normalized spacial score (nSPS) is 14.4. The standard InChI is InChI=1S/C30H30F2N6O3.C2H6/c1-29(2,40)18-41-21-13-22(27-20(14-33)16-35-38(27)17-21)19-7-8-25(34-15-19)37-11-9-30(3,10-12-37)28(39)36-26-23(31)5-4-6-24(26)32;1-2/h4-8,13,15-17,40H,9-12,18H2,1-3H3,(H,36,39);1-2H3. The number of ether oxygens (including phenoxy) is 1. The molecule has 1 amide bonds. The largest absolute Gasteiger partial charge is 0.489 e. The molecule has 1 aromatic carbocycles. The van der Waals surface area contributed by atoms with Gasteiger partial charge in [0.05, 0.1) is 34.5 Å². The molecule has 9 nitrogen and oxygen atoms in total. The van der Waals surface area contributed by atoms with Crippen LogP contribution < -0.4 is 15.0 Å². The van der Waals surface area contributed by atoms with Crippen molar-refractivity contribution in [3.8, 4) is 22.9 Å². The maximum atomic E-state index is 14.1. The van der Waals surface area contributed by atoms with Crippen LogP contribution in [0.1, 0.15) is 53.0 Å². The minimum atomic E-state index is -1.03. The molecule has 0 bridgehead atoms. The van der Waals surface area contributed by atoms with E-state index in [1.165, 1.54) is 12.3 Å². The second kappa shape index (κ2) is 12.8. The summed E-state index contributed by atoms with van der Waals surface area (Å²) in [6.45, 7) is 10.2. The van der Waals surface area contributed by atoms with Gasteiger partial charge in [-0.2, -0.15) is 10.4 Å². The Morgan fingerprint density at radius 1 is 1.16 bits per heavy atom. The first-order chi connectivity index (χ1) is 20.5. The molecule has 43 heavy (non-hydrogen) atoms. The summed E-state index contributed by atoms with van der Waals surface area (Å²) in [6.07, 6.45) is 5.80. The summed E-state index contributed by atoms with van der Waals surface area (Å²) in [4.78, 5) is 19.7. The molecule has 0 spiro atoms. The van der Waals surface area contributed by atoms with E-state index >= 15 is 0 Å². The highest BCUT2D eigenvalue weighted by molar-refractivity contribution is 5.95. The van der Waals surface area contributed by atoms with Gasteiger partial charge in [0.1, 0.15) is 41.6 Å². The van der Waals surface area contributed by atoms with E-state index in [2.05, 4.69) is 26.4 Å². The van der Waals surface area contributed by atoms with Crippen molar-refractivity contribution >= 4 is 22.9 Å². The molecule has 1 aliphatic rings. The monoisotopic (exact) mass is 590 g/mol. The lowest BCUT2D eigenvalue weighted by Gasteiger charge is -2.38. The number of aromatic nitrogens is 3. The van der Waals surface area contributed by atoms with Gasteiger partial charge in [0.15, 0.2) is 0 Å². The van der Waals surface area contributed by atoms with Crippen LogP contribution in [0.4, 0.5) is 20.3 Å². The minimum Gasteiger partial charge on any atom is -0.489 e. The number of hydrogen-bond acceptors (Lipinski definition) is 7. The third kappa shape index (κ3) is 6.92. The number of piperidine rings is 1. The summed E-state index contributed by atoms with van der Waals surface area (Å²) in [7, 11) is 0. The fourth-order valence-electron chi connectivity index (χ4n) is 4.81. The maximum Gasteiger partial charge on any atom is 0.230 e. The van der Waals surface area contributed by atoms with Crippen molar-refractivity contribution in [1.82, 2.24) is 14.6 Å². The van der Waals surface area contributed by atoms with Crippen LogP contribution in [0.3, 0.4) is 0 Å². The molecule has 4 heterocycles. The number of anilines is 2. The number of aliphatic hydroxyl groups is 1. The summed E-state index contributed by atoms with van der Waals surface area (Å²) < 4.78 is 35.5. The third-order valence-electron chi connectivity index (χ3n) is 7.30. The number of fused-ring (bicyclic) bond motifs is 1. The van der Waals surface area contributed by atoms with Crippen LogP contribution >= 0.6 is 0 Å². The van der Waals surface area contributed by atoms with Gasteiger partial charge in [0.25, 0.3) is 0 Å². The van der Waals surface area contributed by atoms with Gasteiger partial charge in [-0.25, -0.2) is 18.3 Å². The van der Waals surface area contributed by atoms with Crippen LogP contribution in [0.5, 0.6) is 5.75 Å². The van der Waals surface area contributed by atoms with Crippen molar-refractivity contribution in [2.45, 2.75) is 53.1 Å². The van der Waals surface area contributed by atoms with Crippen LogP contribution in [-0.4, -0.2) is 50.9 Å². The molecule has 5 rings (SSSR count). The highest BCUT2D eigenvalue weighted by Gasteiger charge is 2.38. The number of para-hydroxylation sites is 1. The molecule has 2 N–H and O–H groups in total. The van der Waals surface area contributed by atoms with E-state index in [0.717, 1.165) is 23.5 Å². The smallest absolute Gasteiger partial charge is 0.230 e. The van der Waals surface area contributed by atoms with Crippen LogP contribution in [0.15, 0.2) is 55.0 Å². The second-order valence-electron chi connectivity index (χ2n) is 11.2. The van der Waals surface area contributed by atoms with E-state index in [0.29, 0.717) is 48.3 Å². The molecule has 0 unspecified atom stereocenters. The summed E-state index contributed by atoms with van der Waals surface area (Å²) in [6, 6.07) is 11.2. The van der Waals surface area contributed by atoms with E-state index in [-0.39, 0.29) is 6.61 Å². The van der Waals surface area contributed by atoms with Crippen molar-refractivity contribution in [3.05, 3.63) is 72.2 Å². The Morgan fingerprint density at radius 2 is 1.84 bits per heavy atom. The fraction of sp³-hybridized carbons (Fsp3) is 0.375. The van der Waals surface area contributed by atoms with Gasteiger partial charge in [-0.15, -0.1) is 0 Å². The number of carbonyl (C=O) groups is 1. The molecular weight excluding hydrogens is 554 g/mol. The van der Waals surface area contributed by atoms with Gasteiger partial charge in [-0.05, 0) is 57.0 Å². The predicted molar refractivity (Wildman–Crippen MR) is 161 cm³/mol. The van der Waals surface area contributed by atoms with E-state index in [4.69, 9.17) is 4.74 Å². The number of pyridine rings is 2. The molecule has 1 aliphatic heterocycles. The highest BCUT2D eigenvalue weighted by atomic mass is 19.1. The van der Waals surface area contributed by atoms with Gasteiger partial charge in [0.2, 0.25) is 5.91 Å². The van der Waals surface area contributed by atoms with Gasteiger partial charge < -0.3 is 20.1 Å². The zero-order valence-corrected chi connectivity index (χ0v) is 25.0. The zero-order chi connectivity index (χ0) is 31.4. The molecule has 0 aliphatic carbocycles. The molecule has 1 fully saturated rings. The number of amides is 1. The molecule has 226 valence electrons. The Kier molecular flexibility index (Phi) is 9.30. The summed E-state index contributed by atoms with van der Waals surface area (Å²) in [5, 5.41) is 26.4. The van der Waals surface area contributed by atoms with E-state index in [1.54, 1.807) is 43.7 Å². The molecule has 0 radical (unpaired) electrons. The van der Waals surface area contributed by atoms with E-state index in [1.807, 2.05) is 26.0 Å². The van der Waals surface area contributed by atoms with Crippen molar-refractivity contribution in [3.63, 3.8) is 0 Å². The molecule has 0 atom stereocenters. The third-order valence-corrected chi connectivity index (χ3v) is 7.30. The number of nitrogens with zero attached hydrogens (tertiary/aromatic N) is 5. The first-order valence-corrected chi connectivity index (χ1v) is 14.2. The lowest BCUT2D eigenvalue weighted by atomic mass is 9.79. The number of benzene rings is 1. The lowest BCUT2D eigenvalue weighted by molar-refractivity contribution is -0.125. The van der Waals surface area contributed by atoms with Crippen LogP contribution in [0, 0.1) is 28.4 Å². The molecule has 11 heteroatoms. The minimum absolute atomic E-state index is 0.0721. The fourth-order valence-corrected chi connectivity index (χ4v) is 4.81. The lowest BCUT2D eigenvalue weighted by Crippen LogP contribution is -2.45. The van der Waals surface area contributed by atoms with Crippen molar-refractivity contribution in [1.29, 1.82) is 5.26 Å². The van der Waals surface area contributed by atoms with Crippen molar-refractivity contribution in [2.24, 2.45) is 5.41 Å². The van der Waals surface area contributed by atoms with E-state index < -0.39 is 34.2 Å². The average molecular weight is 591 g/mol. The molecule has 1 saturated heterocycles. The number of nitriles is 1. The molecule has 4 aromatic rings. The number of hydrogen-bond donors (Lipinski definition) is 2. The number of halogens is 2. The van der Waals surface area contributed by atoms with Crippen LogP contribution in [-0.2, 0) is 4.79 Å². The van der Waals surface area contributed by atoms with E-state index in [9.17, 15) is 23.9 Å². The van der Waals surface area contributed by atoms with Gasteiger partial charge in [0, 0.05) is 30.4 Å². The number of rotatable bonds is 7. The van der Waals surface area contributed by atoms with Gasteiger partial charge in [-0.3, -0.25) is 4.79 Å². The first kappa shape index (κ1) is 31.4.